The number of nitrogens with one attached hydrogen (secondary N) is 1. The van der Waals surface area contributed by atoms with E-state index >= 15 is 0 Å². The summed E-state index contributed by atoms with van der Waals surface area (Å²) in [5.41, 5.74) is 0. The van der Waals surface area contributed by atoms with Crippen LogP contribution in [0.15, 0.2) is 0 Å². The average molecular weight is 169 g/mol. The molecule has 2 nitrogen and oxygen atoms in total. The van der Waals surface area contributed by atoms with E-state index in [1.165, 1.54) is 38.5 Å². The van der Waals surface area contributed by atoms with E-state index in [0.29, 0.717) is 12.0 Å². The van der Waals surface area contributed by atoms with Gasteiger partial charge < -0.3 is 10.4 Å². The molecule has 2 atom stereocenters. The lowest BCUT2D eigenvalue weighted by atomic mass is 9.94. The van der Waals surface area contributed by atoms with Gasteiger partial charge in [0.2, 0.25) is 0 Å². The van der Waals surface area contributed by atoms with Crippen molar-refractivity contribution >= 4 is 0 Å². The molecule has 70 valence electrons. The Morgan fingerprint density at radius 2 is 1.83 bits per heavy atom. The van der Waals surface area contributed by atoms with Crippen LogP contribution in [0.5, 0.6) is 0 Å². The van der Waals surface area contributed by atoms with Crippen LogP contribution in [0.2, 0.25) is 0 Å². The number of hydrogen-bond acceptors (Lipinski definition) is 2. The molecule has 1 heterocycles. The highest BCUT2D eigenvalue weighted by atomic mass is 16.3. The lowest BCUT2D eigenvalue weighted by Crippen LogP contribution is -2.39. The largest absolute Gasteiger partial charge is 0.391 e. The predicted molar refractivity (Wildman–Crippen MR) is 49.0 cm³/mol. The third kappa shape index (κ3) is 1.64. The van der Waals surface area contributed by atoms with Gasteiger partial charge in [0.1, 0.15) is 0 Å². The van der Waals surface area contributed by atoms with Gasteiger partial charge in [0.15, 0.2) is 0 Å². The molecular formula is C10H19NO. The summed E-state index contributed by atoms with van der Waals surface area (Å²) >= 11 is 0. The fourth-order valence-electron chi connectivity index (χ4n) is 2.63. The molecule has 1 saturated carbocycles. The maximum absolute atomic E-state index is 9.99. The molecule has 0 amide bonds. The molecule has 2 N–H and O–H groups in total. The topological polar surface area (TPSA) is 32.3 Å². The molecular weight excluding hydrogens is 150 g/mol. The van der Waals surface area contributed by atoms with Gasteiger partial charge in [-0.15, -0.1) is 0 Å². The summed E-state index contributed by atoms with van der Waals surface area (Å²) < 4.78 is 0. The minimum Gasteiger partial charge on any atom is -0.391 e. The van der Waals surface area contributed by atoms with E-state index in [-0.39, 0.29) is 6.10 Å². The van der Waals surface area contributed by atoms with Crippen LogP contribution < -0.4 is 5.32 Å². The van der Waals surface area contributed by atoms with E-state index in [2.05, 4.69) is 5.32 Å². The van der Waals surface area contributed by atoms with E-state index in [4.69, 9.17) is 0 Å². The lowest BCUT2D eigenvalue weighted by molar-refractivity contribution is 0.0777. The van der Waals surface area contributed by atoms with E-state index in [1.807, 2.05) is 0 Å². The monoisotopic (exact) mass is 169 g/mol. The predicted octanol–water partition coefficient (Wildman–Crippen LogP) is 1.29. The molecule has 0 bridgehead atoms. The molecule has 0 aromatic heterocycles. The molecule has 0 aromatic carbocycles. The van der Waals surface area contributed by atoms with Gasteiger partial charge in [-0.05, 0) is 38.1 Å². The van der Waals surface area contributed by atoms with Crippen molar-refractivity contribution in [3.8, 4) is 0 Å². The second-order valence-electron chi connectivity index (χ2n) is 4.24. The van der Waals surface area contributed by atoms with Gasteiger partial charge in [0.25, 0.3) is 0 Å². The number of hydrogen-bond donors (Lipinski definition) is 2. The Kier molecular flexibility index (Phi) is 2.66. The van der Waals surface area contributed by atoms with Gasteiger partial charge >= 0.3 is 0 Å². The maximum Gasteiger partial charge on any atom is 0.0721 e. The van der Waals surface area contributed by atoms with Gasteiger partial charge in [0, 0.05) is 6.04 Å². The highest BCUT2D eigenvalue weighted by Gasteiger charge is 2.31. The Morgan fingerprint density at radius 1 is 1.08 bits per heavy atom. The molecule has 2 fully saturated rings. The summed E-state index contributed by atoms with van der Waals surface area (Å²) in [6.45, 7) is 1.11. The van der Waals surface area contributed by atoms with Crippen molar-refractivity contribution in [1.29, 1.82) is 0 Å². The SMILES string of the molecule is OC(C1CCCC1)[C@H]1CCCN1. The van der Waals surface area contributed by atoms with Crippen LogP contribution in [0, 0.1) is 5.92 Å². The Hall–Kier alpha value is -0.0800. The Morgan fingerprint density at radius 3 is 2.42 bits per heavy atom. The van der Waals surface area contributed by atoms with Crippen LogP contribution in [-0.2, 0) is 0 Å². The fourth-order valence-corrected chi connectivity index (χ4v) is 2.63. The molecule has 2 heteroatoms. The first-order chi connectivity index (χ1) is 5.88. The summed E-state index contributed by atoms with van der Waals surface area (Å²) in [7, 11) is 0. The standard InChI is InChI=1S/C10H19NO/c12-10(8-4-1-2-5-8)9-6-3-7-11-9/h8-12H,1-7H2/t9-,10?/m1/s1. The third-order valence-electron chi connectivity index (χ3n) is 3.39. The zero-order valence-electron chi connectivity index (χ0n) is 7.63. The van der Waals surface area contributed by atoms with Crippen molar-refractivity contribution in [2.45, 2.75) is 50.7 Å². The highest BCUT2D eigenvalue weighted by molar-refractivity contribution is 4.87. The molecule has 2 rings (SSSR count). The normalized spacial score (nSPS) is 34.2. The van der Waals surface area contributed by atoms with Gasteiger partial charge in [0.05, 0.1) is 6.10 Å². The molecule has 2 aliphatic rings. The minimum absolute atomic E-state index is 0.0602. The van der Waals surface area contributed by atoms with Crippen molar-refractivity contribution in [2.75, 3.05) is 6.54 Å². The van der Waals surface area contributed by atoms with Crippen molar-refractivity contribution in [2.24, 2.45) is 5.92 Å². The summed E-state index contributed by atoms with van der Waals surface area (Å²) in [5.74, 6) is 0.598. The van der Waals surface area contributed by atoms with Crippen LogP contribution in [0.1, 0.15) is 38.5 Å². The second-order valence-corrected chi connectivity index (χ2v) is 4.24. The van der Waals surface area contributed by atoms with Gasteiger partial charge in [-0.2, -0.15) is 0 Å². The molecule has 1 unspecified atom stereocenters. The van der Waals surface area contributed by atoms with Crippen LogP contribution in [0.3, 0.4) is 0 Å². The summed E-state index contributed by atoms with van der Waals surface area (Å²) in [6.07, 6.45) is 7.52. The second kappa shape index (κ2) is 3.75. The van der Waals surface area contributed by atoms with E-state index < -0.39 is 0 Å². The Labute approximate surface area is 74.4 Å². The molecule has 1 aliphatic heterocycles. The Bertz CT molecular complexity index is 121. The number of aliphatic hydroxyl groups is 1. The van der Waals surface area contributed by atoms with E-state index in [9.17, 15) is 5.11 Å². The lowest BCUT2D eigenvalue weighted by Gasteiger charge is -2.23. The smallest absolute Gasteiger partial charge is 0.0721 e. The highest BCUT2D eigenvalue weighted by Crippen LogP contribution is 2.30. The van der Waals surface area contributed by atoms with Gasteiger partial charge in [-0.1, -0.05) is 12.8 Å². The maximum atomic E-state index is 9.99. The van der Waals surface area contributed by atoms with Gasteiger partial charge in [-0.3, -0.25) is 0 Å². The molecule has 0 aromatic rings. The van der Waals surface area contributed by atoms with E-state index in [1.54, 1.807) is 0 Å². The van der Waals surface area contributed by atoms with Crippen molar-refractivity contribution in [3.63, 3.8) is 0 Å². The summed E-state index contributed by atoms with van der Waals surface area (Å²) in [5, 5.41) is 13.4. The number of rotatable bonds is 2. The first-order valence-corrected chi connectivity index (χ1v) is 5.29. The van der Waals surface area contributed by atoms with Crippen molar-refractivity contribution in [3.05, 3.63) is 0 Å². The fraction of sp³-hybridized carbons (Fsp3) is 1.00. The Balaban J connectivity index is 1.84. The molecule has 12 heavy (non-hydrogen) atoms. The summed E-state index contributed by atoms with van der Waals surface area (Å²) in [6, 6.07) is 0.410. The summed E-state index contributed by atoms with van der Waals surface area (Å²) in [4.78, 5) is 0. The first kappa shape index (κ1) is 8.52. The quantitative estimate of drug-likeness (QED) is 0.653. The molecule has 0 radical (unpaired) electrons. The zero-order valence-corrected chi connectivity index (χ0v) is 7.63. The third-order valence-corrected chi connectivity index (χ3v) is 3.39. The minimum atomic E-state index is -0.0602. The van der Waals surface area contributed by atoms with Crippen LogP contribution in [0.25, 0.3) is 0 Å². The van der Waals surface area contributed by atoms with Crippen LogP contribution in [0.4, 0.5) is 0 Å². The average Bonchev–Trinajstić information content (AvgIpc) is 2.77. The van der Waals surface area contributed by atoms with Crippen LogP contribution in [-0.4, -0.2) is 23.8 Å². The van der Waals surface area contributed by atoms with Crippen LogP contribution >= 0.6 is 0 Å². The van der Waals surface area contributed by atoms with E-state index in [0.717, 1.165) is 6.54 Å². The zero-order chi connectivity index (χ0) is 8.39. The van der Waals surface area contributed by atoms with Crippen molar-refractivity contribution < 1.29 is 5.11 Å². The molecule has 1 aliphatic carbocycles. The first-order valence-electron chi connectivity index (χ1n) is 5.29. The van der Waals surface area contributed by atoms with Crippen molar-refractivity contribution in [1.82, 2.24) is 5.32 Å². The molecule has 0 spiro atoms. The number of aliphatic hydroxyl groups excluding tert-OH is 1. The van der Waals surface area contributed by atoms with Gasteiger partial charge in [-0.25, -0.2) is 0 Å². The molecule has 1 saturated heterocycles.